The van der Waals surface area contributed by atoms with E-state index in [1.807, 2.05) is 78.2 Å². The van der Waals surface area contributed by atoms with Crippen molar-refractivity contribution in [1.82, 2.24) is 19.9 Å². The van der Waals surface area contributed by atoms with Gasteiger partial charge in [-0.3, -0.25) is 0 Å². The lowest BCUT2D eigenvalue weighted by Crippen LogP contribution is -2.31. The molecule has 0 aliphatic carbocycles. The average Bonchev–Trinajstić information content (AvgIpc) is 3.07. The minimum atomic E-state index is -0.232. The Labute approximate surface area is 163 Å². The van der Waals surface area contributed by atoms with Crippen molar-refractivity contribution < 1.29 is 4.79 Å². The third-order valence-electron chi connectivity index (χ3n) is 4.43. The monoisotopic (exact) mass is 371 g/mol. The van der Waals surface area contributed by atoms with Gasteiger partial charge in [-0.25, -0.2) is 14.8 Å². The molecule has 4 aromatic rings. The maximum atomic E-state index is 12.2. The van der Waals surface area contributed by atoms with Crippen LogP contribution in [-0.4, -0.2) is 27.1 Å². The van der Waals surface area contributed by atoms with Crippen molar-refractivity contribution in [3.63, 3.8) is 0 Å². The fourth-order valence-electron chi connectivity index (χ4n) is 3.16. The molecule has 140 valence electrons. The number of hydrogen-bond donors (Lipinski definition) is 2. The molecule has 2 N–H and O–H groups in total. The summed E-state index contributed by atoms with van der Waals surface area (Å²) < 4.78 is 2.04. The first-order chi connectivity index (χ1) is 13.7. The lowest BCUT2D eigenvalue weighted by atomic mass is 10.2. The summed E-state index contributed by atoms with van der Waals surface area (Å²) in [4.78, 5) is 21.4. The number of carbonyl (C=O) groups is 1. The highest BCUT2D eigenvalue weighted by Gasteiger charge is 2.13. The Hall–Kier alpha value is -3.67. The van der Waals surface area contributed by atoms with Crippen LogP contribution in [0, 0.1) is 6.92 Å². The van der Waals surface area contributed by atoms with Crippen molar-refractivity contribution in [2.45, 2.75) is 13.5 Å². The molecule has 0 saturated carbocycles. The Balaban J connectivity index is 1.49. The number of anilines is 1. The molecule has 2 amide bonds. The number of aryl methyl sites for hydroxylation is 1. The molecule has 0 atom stereocenters. The van der Waals surface area contributed by atoms with Gasteiger partial charge in [-0.15, -0.1) is 0 Å². The fraction of sp³-hybridized carbons (Fsp3) is 0.136. The summed E-state index contributed by atoms with van der Waals surface area (Å²) in [5.74, 6) is 0.843. The van der Waals surface area contributed by atoms with E-state index in [1.54, 1.807) is 6.20 Å². The molecule has 0 aliphatic rings. The number of imidazole rings is 1. The SMILES string of the molecule is Cc1cccc(NC(=O)NCCn2c(-c3ccccc3)nc3cccnc32)c1. The average molecular weight is 371 g/mol. The molecule has 0 radical (unpaired) electrons. The van der Waals surface area contributed by atoms with E-state index in [2.05, 4.69) is 15.6 Å². The minimum Gasteiger partial charge on any atom is -0.336 e. The predicted molar refractivity (Wildman–Crippen MR) is 111 cm³/mol. The zero-order chi connectivity index (χ0) is 19.3. The highest BCUT2D eigenvalue weighted by atomic mass is 16.2. The summed E-state index contributed by atoms with van der Waals surface area (Å²) in [6.07, 6.45) is 1.76. The maximum absolute atomic E-state index is 12.2. The lowest BCUT2D eigenvalue weighted by Gasteiger charge is -2.11. The van der Waals surface area contributed by atoms with Gasteiger partial charge in [0.25, 0.3) is 0 Å². The van der Waals surface area contributed by atoms with Gasteiger partial charge in [0.2, 0.25) is 0 Å². The highest BCUT2D eigenvalue weighted by molar-refractivity contribution is 5.89. The zero-order valence-electron chi connectivity index (χ0n) is 15.6. The molecule has 2 heterocycles. The first-order valence-corrected chi connectivity index (χ1v) is 9.19. The summed E-state index contributed by atoms with van der Waals surface area (Å²) in [6, 6.07) is 21.3. The van der Waals surface area contributed by atoms with E-state index < -0.39 is 0 Å². The number of rotatable bonds is 5. The van der Waals surface area contributed by atoms with E-state index >= 15 is 0 Å². The number of nitrogens with zero attached hydrogens (tertiary/aromatic N) is 3. The topological polar surface area (TPSA) is 71.8 Å². The number of benzene rings is 2. The van der Waals surface area contributed by atoms with Crippen LogP contribution in [0.25, 0.3) is 22.6 Å². The van der Waals surface area contributed by atoms with Crippen molar-refractivity contribution in [2.75, 3.05) is 11.9 Å². The van der Waals surface area contributed by atoms with Gasteiger partial charge in [0.1, 0.15) is 11.3 Å². The number of amides is 2. The second-order valence-corrected chi connectivity index (χ2v) is 6.55. The summed E-state index contributed by atoms with van der Waals surface area (Å²) in [5.41, 5.74) is 4.54. The van der Waals surface area contributed by atoms with E-state index in [4.69, 9.17) is 4.98 Å². The second-order valence-electron chi connectivity index (χ2n) is 6.55. The number of aromatic nitrogens is 3. The van der Waals surface area contributed by atoms with Gasteiger partial charge in [-0.1, -0.05) is 42.5 Å². The van der Waals surface area contributed by atoms with Gasteiger partial charge in [-0.2, -0.15) is 0 Å². The largest absolute Gasteiger partial charge is 0.336 e. The van der Waals surface area contributed by atoms with Gasteiger partial charge < -0.3 is 15.2 Å². The Bertz CT molecular complexity index is 1100. The summed E-state index contributed by atoms with van der Waals surface area (Å²) in [7, 11) is 0. The number of nitrogens with one attached hydrogen (secondary N) is 2. The summed E-state index contributed by atoms with van der Waals surface area (Å²) in [5, 5.41) is 5.76. The quantitative estimate of drug-likeness (QED) is 0.551. The molecular formula is C22H21N5O. The van der Waals surface area contributed by atoms with Crippen LogP contribution in [0.3, 0.4) is 0 Å². The molecule has 0 fully saturated rings. The fourth-order valence-corrected chi connectivity index (χ4v) is 3.16. The smallest absolute Gasteiger partial charge is 0.319 e. The van der Waals surface area contributed by atoms with Gasteiger partial charge in [0.05, 0.1) is 0 Å². The van der Waals surface area contributed by atoms with Crippen molar-refractivity contribution in [3.8, 4) is 11.4 Å². The Morgan fingerprint density at radius 2 is 1.89 bits per heavy atom. The number of carbonyl (C=O) groups excluding carboxylic acids is 1. The molecule has 4 rings (SSSR count). The molecule has 6 heteroatoms. The molecule has 0 aliphatic heterocycles. The van der Waals surface area contributed by atoms with Gasteiger partial charge in [-0.05, 0) is 36.8 Å². The van der Waals surface area contributed by atoms with Crippen LogP contribution < -0.4 is 10.6 Å². The van der Waals surface area contributed by atoms with E-state index in [-0.39, 0.29) is 6.03 Å². The molecule has 6 nitrogen and oxygen atoms in total. The molecule has 2 aromatic heterocycles. The second kappa shape index (κ2) is 7.92. The molecule has 0 unspecified atom stereocenters. The molecule has 0 bridgehead atoms. The van der Waals surface area contributed by atoms with E-state index in [0.29, 0.717) is 13.1 Å². The van der Waals surface area contributed by atoms with Crippen molar-refractivity contribution >= 4 is 22.9 Å². The molecule has 0 saturated heterocycles. The van der Waals surface area contributed by atoms with E-state index in [9.17, 15) is 4.79 Å². The maximum Gasteiger partial charge on any atom is 0.319 e. The van der Waals surface area contributed by atoms with Gasteiger partial charge in [0.15, 0.2) is 5.65 Å². The highest BCUT2D eigenvalue weighted by Crippen LogP contribution is 2.23. The normalized spacial score (nSPS) is 10.8. The van der Waals surface area contributed by atoms with Crippen molar-refractivity contribution in [1.29, 1.82) is 0 Å². The van der Waals surface area contributed by atoms with E-state index in [0.717, 1.165) is 33.8 Å². The van der Waals surface area contributed by atoms with Gasteiger partial charge >= 0.3 is 6.03 Å². The van der Waals surface area contributed by atoms with Crippen LogP contribution in [0.2, 0.25) is 0 Å². The van der Waals surface area contributed by atoms with Crippen LogP contribution in [0.5, 0.6) is 0 Å². The minimum absolute atomic E-state index is 0.232. The standard InChI is InChI=1S/C22H21N5O/c1-16-7-5-10-18(15-16)25-22(28)24-13-14-27-20(17-8-3-2-4-9-17)26-19-11-6-12-23-21(19)27/h2-12,15H,13-14H2,1H3,(H2,24,25,28). The zero-order valence-corrected chi connectivity index (χ0v) is 15.6. The molecule has 2 aromatic carbocycles. The first-order valence-electron chi connectivity index (χ1n) is 9.19. The summed E-state index contributed by atoms with van der Waals surface area (Å²) in [6.45, 7) is 3.02. The van der Waals surface area contributed by atoms with Crippen molar-refractivity contribution in [2.24, 2.45) is 0 Å². The number of fused-ring (bicyclic) bond motifs is 1. The molecule has 28 heavy (non-hydrogen) atoms. The third-order valence-corrected chi connectivity index (χ3v) is 4.43. The summed E-state index contributed by atoms with van der Waals surface area (Å²) >= 11 is 0. The lowest BCUT2D eigenvalue weighted by molar-refractivity contribution is 0.251. The number of pyridine rings is 1. The molecule has 0 spiro atoms. The predicted octanol–water partition coefficient (Wildman–Crippen LogP) is 4.23. The Morgan fingerprint density at radius 3 is 2.71 bits per heavy atom. The Kier molecular flexibility index (Phi) is 5.01. The van der Waals surface area contributed by atoms with Crippen molar-refractivity contribution in [3.05, 3.63) is 78.5 Å². The van der Waals surface area contributed by atoms with Crippen LogP contribution in [0.4, 0.5) is 10.5 Å². The van der Waals surface area contributed by atoms with Crippen LogP contribution >= 0.6 is 0 Å². The molecular weight excluding hydrogens is 350 g/mol. The van der Waals surface area contributed by atoms with Crippen LogP contribution in [0.1, 0.15) is 5.56 Å². The van der Waals surface area contributed by atoms with Gasteiger partial charge in [0, 0.05) is 30.5 Å². The number of urea groups is 1. The van der Waals surface area contributed by atoms with E-state index in [1.165, 1.54) is 0 Å². The third kappa shape index (κ3) is 3.86. The number of hydrogen-bond acceptors (Lipinski definition) is 3. The Morgan fingerprint density at radius 1 is 1.04 bits per heavy atom. The van der Waals surface area contributed by atoms with Crippen LogP contribution in [-0.2, 0) is 6.54 Å². The first kappa shape index (κ1) is 17.7. The van der Waals surface area contributed by atoms with Crippen LogP contribution in [0.15, 0.2) is 72.9 Å².